The maximum Gasteiger partial charge on any atom is 0.269 e. The van der Waals surface area contributed by atoms with E-state index in [-0.39, 0.29) is 16.5 Å². The highest BCUT2D eigenvalue weighted by atomic mass is 32.2. The summed E-state index contributed by atoms with van der Waals surface area (Å²) >= 11 is 1.21. The SMILES string of the molecule is Cc1ccc(N2C(=O)C(Cc3ccccc3)SC2=C(C#N)C(=O)Nc2ccc(F)cc2)cc1. The van der Waals surface area contributed by atoms with Crippen molar-refractivity contribution >= 4 is 35.0 Å². The number of amides is 2. The van der Waals surface area contributed by atoms with Crippen molar-refractivity contribution < 1.29 is 14.0 Å². The number of aryl methyl sites for hydroxylation is 1. The van der Waals surface area contributed by atoms with Gasteiger partial charge >= 0.3 is 0 Å². The van der Waals surface area contributed by atoms with Crippen molar-refractivity contribution in [3.63, 3.8) is 0 Å². The van der Waals surface area contributed by atoms with E-state index in [2.05, 4.69) is 5.32 Å². The fourth-order valence-corrected chi connectivity index (χ4v) is 4.78. The normalized spacial score (nSPS) is 16.9. The Bertz CT molecular complexity index is 1250. The van der Waals surface area contributed by atoms with Crippen LogP contribution in [0.1, 0.15) is 11.1 Å². The molecule has 0 radical (unpaired) electrons. The highest BCUT2D eigenvalue weighted by Gasteiger charge is 2.40. The fourth-order valence-electron chi connectivity index (χ4n) is 3.47. The molecule has 1 saturated heterocycles. The zero-order chi connectivity index (χ0) is 23.4. The summed E-state index contributed by atoms with van der Waals surface area (Å²) in [6.45, 7) is 1.94. The first kappa shape index (κ1) is 22.3. The number of nitrogens with one attached hydrogen (secondary N) is 1. The van der Waals surface area contributed by atoms with Gasteiger partial charge in [-0.05, 0) is 55.3 Å². The number of halogens is 1. The molecule has 1 atom stereocenters. The third-order valence-corrected chi connectivity index (χ3v) is 6.43. The van der Waals surface area contributed by atoms with Gasteiger partial charge in [-0.15, -0.1) is 0 Å². The minimum Gasteiger partial charge on any atom is -0.321 e. The number of rotatable bonds is 5. The topological polar surface area (TPSA) is 73.2 Å². The number of thioether (sulfide) groups is 1. The number of carbonyl (C=O) groups excluding carboxylic acids is 2. The molecule has 0 spiro atoms. The van der Waals surface area contributed by atoms with Crippen molar-refractivity contribution in [2.24, 2.45) is 0 Å². The van der Waals surface area contributed by atoms with E-state index in [0.29, 0.717) is 17.8 Å². The summed E-state index contributed by atoms with van der Waals surface area (Å²) in [5.74, 6) is -1.28. The van der Waals surface area contributed by atoms with Crippen molar-refractivity contribution in [2.45, 2.75) is 18.6 Å². The van der Waals surface area contributed by atoms with Gasteiger partial charge in [0.2, 0.25) is 5.91 Å². The molecule has 1 N–H and O–H groups in total. The summed E-state index contributed by atoms with van der Waals surface area (Å²) in [5, 5.41) is 12.3. The van der Waals surface area contributed by atoms with Gasteiger partial charge in [0, 0.05) is 11.4 Å². The van der Waals surface area contributed by atoms with E-state index in [1.165, 1.54) is 40.9 Å². The Hall–Kier alpha value is -3.89. The fraction of sp³-hybridized carbons (Fsp3) is 0.115. The van der Waals surface area contributed by atoms with Crippen LogP contribution in [0.15, 0.2) is 89.5 Å². The van der Waals surface area contributed by atoms with Crippen molar-refractivity contribution in [3.8, 4) is 6.07 Å². The van der Waals surface area contributed by atoms with Crippen molar-refractivity contribution in [1.29, 1.82) is 5.26 Å². The summed E-state index contributed by atoms with van der Waals surface area (Å²) in [6.07, 6.45) is 0.467. The van der Waals surface area contributed by atoms with E-state index >= 15 is 0 Å². The lowest BCUT2D eigenvalue weighted by molar-refractivity contribution is -0.117. The number of anilines is 2. The minimum absolute atomic E-state index is 0.172. The second-order valence-electron chi connectivity index (χ2n) is 7.56. The number of nitrogens with zero attached hydrogens (tertiary/aromatic N) is 2. The third kappa shape index (κ3) is 4.97. The second-order valence-corrected chi connectivity index (χ2v) is 8.75. The molecule has 1 fully saturated rings. The van der Waals surface area contributed by atoms with Gasteiger partial charge in [0.25, 0.3) is 5.91 Å². The largest absolute Gasteiger partial charge is 0.321 e. The molecule has 33 heavy (non-hydrogen) atoms. The average Bonchev–Trinajstić information content (AvgIpc) is 3.12. The van der Waals surface area contributed by atoms with Gasteiger partial charge in [-0.2, -0.15) is 5.26 Å². The van der Waals surface area contributed by atoms with Crippen LogP contribution in [0.25, 0.3) is 0 Å². The van der Waals surface area contributed by atoms with Gasteiger partial charge in [-0.3, -0.25) is 14.5 Å². The number of benzene rings is 3. The first-order chi connectivity index (χ1) is 16.0. The van der Waals surface area contributed by atoms with Gasteiger partial charge in [0.1, 0.15) is 22.5 Å². The molecular weight excluding hydrogens is 437 g/mol. The van der Waals surface area contributed by atoms with Gasteiger partial charge in [0.15, 0.2) is 0 Å². The Balaban J connectivity index is 1.72. The molecular formula is C26H20FN3O2S. The van der Waals surface area contributed by atoms with Crippen LogP contribution in [-0.2, 0) is 16.0 Å². The molecule has 0 saturated carbocycles. The predicted molar refractivity (Wildman–Crippen MR) is 128 cm³/mol. The standard InChI is InChI=1S/C26H20FN3O2S/c1-17-7-13-21(14-8-17)30-25(32)23(15-18-5-3-2-4-6-18)33-26(30)22(16-28)24(31)29-20-11-9-19(27)10-12-20/h2-14,23H,15H2,1H3,(H,29,31). The Morgan fingerprint density at radius 2 is 1.73 bits per heavy atom. The first-order valence-corrected chi connectivity index (χ1v) is 11.2. The molecule has 1 aliphatic rings. The van der Waals surface area contributed by atoms with Gasteiger partial charge < -0.3 is 5.32 Å². The summed E-state index contributed by atoms with van der Waals surface area (Å²) < 4.78 is 13.2. The van der Waals surface area contributed by atoms with Crippen LogP contribution >= 0.6 is 11.8 Å². The Morgan fingerprint density at radius 3 is 2.36 bits per heavy atom. The van der Waals surface area contributed by atoms with Crippen LogP contribution in [0.4, 0.5) is 15.8 Å². The van der Waals surface area contributed by atoms with Crippen molar-refractivity contribution in [3.05, 3.63) is 106 Å². The zero-order valence-electron chi connectivity index (χ0n) is 17.8. The highest BCUT2D eigenvalue weighted by molar-refractivity contribution is 8.05. The van der Waals surface area contributed by atoms with Crippen LogP contribution in [0.3, 0.4) is 0 Å². The van der Waals surface area contributed by atoms with Crippen LogP contribution in [0, 0.1) is 24.1 Å². The maximum absolute atomic E-state index is 13.4. The molecule has 0 aromatic heterocycles. The van der Waals surface area contributed by atoms with Crippen molar-refractivity contribution in [1.82, 2.24) is 0 Å². The molecule has 164 valence electrons. The van der Waals surface area contributed by atoms with Crippen LogP contribution in [0.2, 0.25) is 0 Å². The van der Waals surface area contributed by atoms with E-state index < -0.39 is 17.0 Å². The van der Waals surface area contributed by atoms with Crippen LogP contribution < -0.4 is 10.2 Å². The van der Waals surface area contributed by atoms with E-state index in [1.54, 1.807) is 12.1 Å². The highest BCUT2D eigenvalue weighted by Crippen LogP contribution is 2.42. The van der Waals surface area contributed by atoms with E-state index in [4.69, 9.17) is 0 Å². The molecule has 1 heterocycles. The molecule has 1 unspecified atom stereocenters. The predicted octanol–water partition coefficient (Wildman–Crippen LogP) is 5.20. The molecule has 0 bridgehead atoms. The monoisotopic (exact) mass is 457 g/mol. The Kier molecular flexibility index (Phi) is 6.57. The number of nitriles is 1. The lowest BCUT2D eigenvalue weighted by Crippen LogP contribution is -2.30. The van der Waals surface area contributed by atoms with E-state index in [1.807, 2.05) is 55.5 Å². The van der Waals surface area contributed by atoms with E-state index in [9.17, 15) is 19.2 Å². The molecule has 2 amide bonds. The molecule has 7 heteroatoms. The third-order valence-electron chi connectivity index (χ3n) is 5.16. The Morgan fingerprint density at radius 1 is 1.06 bits per heavy atom. The summed E-state index contributed by atoms with van der Waals surface area (Å²) in [4.78, 5) is 27.9. The smallest absolute Gasteiger partial charge is 0.269 e. The zero-order valence-corrected chi connectivity index (χ0v) is 18.6. The summed E-state index contributed by atoms with van der Waals surface area (Å²) in [6, 6.07) is 24.2. The summed E-state index contributed by atoms with van der Waals surface area (Å²) in [5.41, 5.74) is 2.79. The first-order valence-electron chi connectivity index (χ1n) is 10.3. The average molecular weight is 458 g/mol. The Labute approximate surface area is 195 Å². The molecule has 5 nitrogen and oxygen atoms in total. The lowest BCUT2D eigenvalue weighted by Gasteiger charge is -2.19. The summed E-state index contributed by atoms with van der Waals surface area (Å²) in [7, 11) is 0. The lowest BCUT2D eigenvalue weighted by atomic mass is 10.1. The quantitative estimate of drug-likeness (QED) is 0.422. The molecule has 1 aliphatic heterocycles. The maximum atomic E-state index is 13.4. The molecule has 0 aliphatic carbocycles. The minimum atomic E-state index is -0.656. The van der Waals surface area contributed by atoms with Gasteiger partial charge in [-0.25, -0.2) is 4.39 Å². The molecule has 4 rings (SSSR count). The van der Waals surface area contributed by atoms with E-state index in [0.717, 1.165) is 11.1 Å². The van der Waals surface area contributed by atoms with Crippen molar-refractivity contribution in [2.75, 3.05) is 10.2 Å². The van der Waals surface area contributed by atoms with Gasteiger partial charge in [0.05, 0.1) is 5.25 Å². The van der Waals surface area contributed by atoms with Crippen LogP contribution in [-0.4, -0.2) is 17.1 Å². The number of hydrogen-bond donors (Lipinski definition) is 1. The molecule has 3 aromatic carbocycles. The second kappa shape index (κ2) is 9.72. The molecule has 3 aromatic rings. The van der Waals surface area contributed by atoms with Crippen LogP contribution in [0.5, 0.6) is 0 Å². The van der Waals surface area contributed by atoms with Gasteiger partial charge in [-0.1, -0.05) is 59.8 Å². The number of hydrogen-bond acceptors (Lipinski definition) is 4. The number of carbonyl (C=O) groups is 2.